The van der Waals surface area contributed by atoms with E-state index in [1.807, 2.05) is 6.92 Å². The summed E-state index contributed by atoms with van der Waals surface area (Å²) in [6, 6.07) is 5.00. The molecule has 0 spiro atoms. The minimum absolute atomic E-state index is 0.188. The topological polar surface area (TPSA) is 84.9 Å². The number of amides is 1. The lowest BCUT2D eigenvalue weighted by Crippen LogP contribution is -2.44. The van der Waals surface area contributed by atoms with Crippen LogP contribution in [0.5, 0.6) is 5.75 Å². The molecular formula is C15H17NO5. The van der Waals surface area contributed by atoms with E-state index < -0.39 is 6.09 Å². The summed E-state index contributed by atoms with van der Waals surface area (Å²) in [4.78, 5) is 22.3. The zero-order chi connectivity index (χ0) is 15.0. The molecule has 6 heteroatoms. The summed E-state index contributed by atoms with van der Waals surface area (Å²) in [6.45, 7) is 2.28. The van der Waals surface area contributed by atoms with Crippen LogP contribution in [0.4, 0.5) is 4.79 Å². The fraction of sp³-hybridized carbons (Fsp3) is 0.467. The normalized spacial score (nSPS) is 27.1. The third-order valence-corrected chi connectivity index (χ3v) is 4.15. The van der Waals surface area contributed by atoms with E-state index in [0.717, 1.165) is 18.4 Å². The molecule has 2 aliphatic rings. The summed E-state index contributed by atoms with van der Waals surface area (Å²) in [5, 5.41) is 11.4. The lowest BCUT2D eigenvalue weighted by atomic mass is 10.1. The highest BCUT2D eigenvalue weighted by atomic mass is 16.5. The molecule has 0 saturated heterocycles. The van der Waals surface area contributed by atoms with Crippen molar-refractivity contribution in [3.63, 3.8) is 0 Å². The Bertz CT molecular complexity index is 585. The summed E-state index contributed by atoms with van der Waals surface area (Å²) >= 11 is 0. The number of hydrogen-bond donors (Lipinski definition) is 2. The van der Waals surface area contributed by atoms with Gasteiger partial charge in [0.1, 0.15) is 18.5 Å². The van der Waals surface area contributed by atoms with Gasteiger partial charge < -0.3 is 19.9 Å². The highest BCUT2D eigenvalue weighted by Gasteiger charge is 2.36. The van der Waals surface area contributed by atoms with Crippen LogP contribution in [-0.4, -0.2) is 29.3 Å². The van der Waals surface area contributed by atoms with E-state index in [2.05, 4.69) is 5.32 Å². The molecule has 1 heterocycles. The van der Waals surface area contributed by atoms with Crippen molar-refractivity contribution >= 4 is 12.1 Å². The SMILES string of the molecule is C[C@H]1CC[C@@H](Oc2ccc3c(c2)COC3=O)[C@@H]1NC(=O)O. The van der Waals surface area contributed by atoms with Crippen molar-refractivity contribution in [2.24, 2.45) is 5.92 Å². The maximum atomic E-state index is 11.4. The van der Waals surface area contributed by atoms with E-state index in [1.54, 1.807) is 18.2 Å². The van der Waals surface area contributed by atoms with E-state index in [4.69, 9.17) is 14.6 Å². The Morgan fingerprint density at radius 2 is 2.24 bits per heavy atom. The summed E-state index contributed by atoms with van der Waals surface area (Å²) < 4.78 is 10.9. The molecule has 0 aromatic heterocycles. The van der Waals surface area contributed by atoms with Crippen LogP contribution < -0.4 is 10.1 Å². The summed E-state index contributed by atoms with van der Waals surface area (Å²) in [5.74, 6) is 0.574. The number of carbonyl (C=O) groups excluding carboxylic acids is 1. The van der Waals surface area contributed by atoms with Gasteiger partial charge in [-0.25, -0.2) is 9.59 Å². The molecule has 1 aromatic rings. The Hall–Kier alpha value is -2.24. The Labute approximate surface area is 122 Å². The van der Waals surface area contributed by atoms with Gasteiger partial charge in [-0.2, -0.15) is 0 Å². The van der Waals surface area contributed by atoms with E-state index >= 15 is 0 Å². The van der Waals surface area contributed by atoms with Gasteiger partial charge in [0.15, 0.2) is 0 Å². The van der Waals surface area contributed by atoms with Gasteiger partial charge in [0, 0.05) is 5.56 Å². The predicted molar refractivity (Wildman–Crippen MR) is 73.3 cm³/mol. The number of rotatable bonds is 3. The Kier molecular flexibility index (Phi) is 3.45. The smallest absolute Gasteiger partial charge is 0.405 e. The van der Waals surface area contributed by atoms with Crippen LogP contribution in [-0.2, 0) is 11.3 Å². The molecule has 1 amide bonds. The summed E-state index contributed by atoms with van der Waals surface area (Å²) in [5.41, 5.74) is 1.38. The van der Waals surface area contributed by atoms with Gasteiger partial charge >= 0.3 is 12.1 Å². The van der Waals surface area contributed by atoms with Crippen LogP contribution in [0.25, 0.3) is 0 Å². The van der Waals surface area contributed by atoms with Crippen LogP contribution in [0.3, 0.4) is 0 Å². The fourth-order valence-corrected chi connectivity index (χ4v) is 3.02. The Morgan fingerprint density at radius 1 is 1.43 bits per heavy atom. The van der Waals surface area contributed by atoms with Crippen molar-refractivity contribution in [1.29, 1.82) is 0 Å². The molecule has 3 rings (SSSR count). The second-order valence-corrected chi connectivity index (χ2v) is 5.58. The lowest BCUT2D eigenvalue weighted by Gasteiger charge is -2.23. The van der Waals surface area contributed by atoms with Gasteiger partial charge in [-0.3, -0.25) is 0 Å². The van der Waals surface area contributed by atoms with E-state index in [-0.39, 0.29) is 30.6 Å². The first-order chi connectivity index (χ1) is 10.0. The molecule has 0 radical (unpaired) electrons. The van der Waals surface area contributed by atoms with Gasteiger partial charge in [-0.15, -0.1) is 0 Å². The number of esters is 1. The standard InChI is InChI=1S/C15H17NO5/c1-8-2-5-12(13(8)16-15(18)19)21-10-3-4-11-9(6-10)7-20-14(11)17/h3-4,6,8,12-13,16H,2,5,7H2,1H3,(H,18,19)/t8-,12+,13+/m0/s1. The quantitative estimate of drug-likeness (QED) is 0.834. The average molecular weight is 291 g/mol. The molecule has 1 aliphatic heterocycles. The highest BCUT2D eigenvalue weighted by Crippen LogP contribution is 2.31. The molecule has 2 N–H and O–H groups in total. The molecule has 1 aromatic carbocycles. The minimum Gasteiger partial charge on any atom is -0.488 e. The van der Waals surface area contributed by atoms with Crippen LogP contribution >= 0.6 is 0 Å². The van der Waals surface area contributed by atoms with E-state index in [1.165, 1.54) is 0 Å². The van der Waals surface area contributed by atoms with Crippen molar-refractivity contribution in [3.05, 3.63) is 29.3 Å². The van der Waals surface area contributed by atoms with Crippen LogP contribution in [0.15, 0.2) is 18.2 Å². The second-order valence-electron chi connectivity index (χ2n) is 5.58. The molecule has 3 atom stereocenters. The minimum atomic E-state index is -1.03. The van der Waals surface area contributed by atoms with Crippen LogP contribution in [0.1, 0.15) is 35.7 Å². The molecule has 21 heavy (non-hydrogen) atoms. The van der Waals surface area contributed by atoms with Crippen molar-refractivity contribution in [2.45, 2.75) is 38.5 Å². The monoisotopic (exact) mass is 291 g/mol. The molecule has 1 saturated carbocycles. The summed E-state index contributed by atoms with van der Waals surface area (Å²) in [7, 11) is 0. The fourth-order valence-electron chi connectivity index (χ4n) is 3.02. The average Bonchev–Trinajstić information content (AvgIpc) is 2.96. The van der Waals surface area contributed by atoms with Gasteiger partial charge in [-0.1, -0.05) is 6.92 Å². The zero-order valence-corrected chi connectivity index (χ0v) is 11.7. The van der Waals surface area contributed by atoms with E-state index in [9.17, 15) is 9.59 Å². The molecule has 0 bridgehead atoms. The molecule has 1 fully saturated rings. The second kappa shape index (κ2) is 5.27. The van der Waals surface area contributed by atoms with Crippen molar-refractivity contribution in [3.8, 4) is 5.75 Å². The first-order valence-corrected chi connectivity index (χ1v) is 7.01. The third kappa shape index (κ3) is 2.66. The number of fused-ring (bicyclic) bond motifs is 1. The first kappa shape index (κ1) is 13.7. The maximum Gasteiger partial charge on any atom is 0.405 e. The Balaban J connectivity index is 1.74. The Morgan fingerprint density at radius 3 is 3.00 bits per heavy atom. The molecular weight excluding hydrogens is 274 g/mol. The number of benzene rings is 1. The lowest BCUT2D eigenvalue weighted by molar-refractivity contribution is 0.0535. The van der Waals surface area contributed by atoms with E-state index in [0.29, 0.717) is 11.3 Å². The molecule has 6 nitrogen and oxygen atoms in total. The molecule has 0 unspecified atom stereocenters. The maximum absolute atomic E-state index is 11.4. The zero-order valence-electron chi connectivity index (χ0n) is 11.7. The molecule has 112 valence electrons. The highest BCUT2D eigenvalue weighted by molar-refractivity contribution is 5.93. The summed E-state index contributed by atoms with van der Waals surface area (Å²) in [6.07, 6.45) is 0.503. The van der Waals surface area contributed by atoms with Gasteiger partial charge in [0.25, 0.3) is 0 Å². The van der Waals surface area contributed by atoms with Crippen LogP contribution in [0, 0.1) is 5.92 Å². The number of hydrogen-bond acceptors (Lipinski definition) is 4. The van der Waals surface area contributed by atoms with Gasteiger partial charge in [0.05, 0.1) is 11.6 Å². The van der Waals surface area contributed by atoms with Crippen molar-refractivity contribution in [1.82, 2.24) is 5.32 Å². The van der Waals surface area contributed by atoms with Crippen molar-refractivity contribution in [2.75, 3.05) is 0 Å². The number of nitrogens with one attached hydrogen (secondary N) is 1. The largest absolute Gasteiger partial charge is 0.488 e. The number of ether oxygens (including phenoxy) is 2. The first-order valence-electron chi connectivity index (χ1n) is 7.01. The van der Waals surface area contributed by atoms with Crippen LogP contribution in [0.2, 0.25) is 0 Å². The number of carboxylic acid groups (broad SMARTS) is 1. The predicted octanol–water partition coefficient (Wildman–Crippen LogP) is 2.17. The molecule has 1 aliphatic carbocycles. The van der Waals surface area contributed by atoms with Gasteiger partial charge in [0.2, 0.25) is 0 Å². The number of carbonyl (C=O) groups is 2. The number of cyclic esters (lactones) is 1. The van der Waals surface area contributed by atoms with Gasteiger partial charge in [-0.05, 0) is 37.0 Å². The third-order valence-electron chi connectivity index (χ3n) is 4.15. The van der Waals surface area contributed by atoms with Crippen molar-refractivity contribution < 1.29 is 24.2 Å².